The van der Waals surface area contributed by atoms with E-state index in [1.807, 2.05) is 30.3 Å². The maximum Gasteiger partial charge on any atom is 0.157 e. The number of aryl methyl sites for hydroxylation is 3. The number of hydrogen-bond acceptors (Lipinski definition) is 5. The van der Waals surface area contributed by atoms with Crippen LogP contribution in [0.4, 0.5) is 5.82 Å². The summed E-state index contributed by atoms with van der Waals surface area (Å²) < 4.78 is 6.27. The zero-order valence-corrected chi connectivity index (χ0v) is 17.7. The first-order valence-corrected chi connectivity index (χ1v) is 10.2. The summed E-state index contributed by atoms with van der Waals surface area (Å²) in [5.74, 6) is 1.43. The van der Waals surface area contributed by atoms with Crippen molar-refractivity contribution in [3.63, 3.8) is 0 Å². The van der Waals surface area contributed by atoms with Crippen molar-refractivity contribution in [2.24, 2.45) is 5.10 Å². The molecule has 0 fully saturated rings. The Hall–Kier alpha value is -3.99. The van der Waals surface area contributed by atoms with Gasteiger partial charge in [0.05, 0.1) is 10.9 Å². The smallest absolute Gasteiger partial charge is 0.157 e. The van der Waals surface area contributed by atoms with E-state index in [4.69, 9.17) is 9.52 Å². The standard InChI is InChI=1S/C26H22N4O/c1-16-8-10-19(11-9-16)24-14-23(21-12-17(2)18(3)13-25(21)31-24)29-30-26-20-6-4-5-7-22(20)27-15-28-26/h4-15H,1-3H3,(H,27,28,30)/b29-23+. The van der Waals surface area contributed by atoms with Crippen LogP contribution < -0.4 is 10.8 Å². The molecule has 0 spiro atoms. The molecule has 0 saturated carbocycles. The molecule has 0 aliphatic heterocycles. The highest BCUT2D eigenvalue weighted by Crippen LogP contribution is 2.25. The summed E-state index contributed by atoms with van der Waals surface area (Å²) in [4.78, 5) is 8.71. The van der Waals surface area contributed by atoms with Gasteiger partial charge in [0.25, 0.3) is 0 Å². The largest absolute Gasteiger partial charge is 0.456 e. The molecule has 5 nitrogen and oxygen atoms in total. The van der Waals surface area contributed by atoms with Crippen molar-refractivity contribution >= 4 is 27.7 Å². The first-order chi connectivity index (χ1) is 15.1. The van der Waals surface area contributed by atoms with Gasteiger partial charge in [-0.15, -0.1) is 0 Å². The van der Waals surface area contributed by atoms with Gasteiger partial charge in [-0.1, -0.05) is 42.0 Å². The normalized spacial score (nSPS) is 11.9. The Bertz CT molecular complexity index is 1480. The van der Waals surface area contributed by atoms with Crippen molar-refractivity contribution in [2.45, 2.75) is 20.8 Å². The van der Waals surface area contributed by atoms with Crippen LogP contribution in [-0.4, -0.2) is 9.97 Å². The minimum atomic E-state index is 0.667. The number of nitrogens with one attached hydrogen (secondary N) is 1. The molecule has 0 aliphatic rings. The molecule has 3 aromatic carbocycles. The van der Waals surface area contributed by atoms with E-state index in [0.717, 1.165) is 38.6 Å². The second kappa shape index (κ2) is 7.69. The average Bonchev–Trinajstić information content (AvgIpc) is 2.79. The third-order valence-corrected chi connectivity index (χ3v) is 5.52. The lowest BCUT2D eigenvalue weighted by Crippen LogP contribution is -2.09. The molecule has 0 bridgehead atoms. The number of rotatable bonds is 3. The van der Waals surface area contributed by atoms with Crippen molar-refractivity contribution in [3.05, 3.63) is 95.1 Å². The number of fused-ring (bicyclic) bond motifs is 2. The van der Waals surface area contributed by atoms with Gasteiger partial charge >= 0.3 is 0 Å². The van der Waals surface area contributed by atoms with Crippen LogP contribution in [0, 0.1) is 20.8 Å². The summed E-state index contributed by atoms with van der Waals surface area (Å²) in [6.07, 6.45) is 1.55. The molecular weight excluding hydrogens is 384 g/mol. The van der Waals surface area contributed by atoms with E-state index in [1.54, 1.807) is 6.33 Å². The van der Waals surface area contributed by atoms with Crippen LogP contribution in [0.3, 0.4) is 0 Å². The number of para-hydroxylation sites is 1. The van der Waals surface area contributed by atoms with Crippen LogP contribution in [0.15, 0.2) is 82.6 Å². The van der Waals surface area contributed by atoms with Crippen LogP contribution in [0.1, 0.15) is 16.7 Å². The molecule has 5 rings (SSSR count). The van der Waals surface area contributed by atoms with Gasteiger partial charge in [0, 0.05) is 22.4 Å². The van der Waals surface area contributed by atoms with Crippen molar-refractivity contribution in [1.82, 2.24) is 9.97 Å². The third kappa shape index (κ3) is 3.66. The Kier molecular flexibility index (Phi) is 4.71. The molecule has 2 aromatic heterocycles. The molecule has 0 atom stereocenters. The van der Waals surface area contributed by atoms with E-state index in [2.05, 4.69) is 72.6 Å². The van der Waals surface area contributed by atoms with Gasteiger partial charge in [-0.05, 0) is 56.2 Å². The van der Waals surface area contributed by atoms with Crippen LogP contribution in [0.25, 0.3) is 33.2 Å². The Morgan fingerprint density at radius 3 is 2.42 bits per heavy atom. The fourth-order valence-electron chi connectivity index (χ4n) is 3.58. The summed E-state index contributed by atoms with van der Waals surface area (Å²) in [5.41, 5.74) is 9.40. The second-order valence-electron chi connectivity index (χ2n) is 7.76. The van der Waals surface area contributed by atoms with Gasteiger partial charge in [0.1, 0.15) is 17.7 Å². The SMILES string of the molecule is Cc1ccc(-c2c/c(=N\Nc3ncnc4ccccc34)c3cc(C)c(C)cc3o2)cc1. The van der Waals surface area contributed by atoms with E-state index in [9.17, 15) is 0 Å². The average molecular weight is 406 g/mol. The minimum absolute atomic E-state index is 0.667. The highest BCUT2D eigenvalue weighted by atomic mass is 16.3. The van der Waals surface area contributed by atoms with Crippen LogP contribution in [-0.2, 0) is 0 Å². The van der Waals surface area contributed by atoms with Crippen molar-refractivity contribution in [3.8, 4) is 11.3 Å². The molecule has 0 saturated heterocycles. The Morgan fingerprint density at radius 2 is 1.58 bits per heavy atom. The summed E-state index contributed by atoms with van der Waals surface area (Å²) >= 11 is 0. The predicted octanol–water partition coefficient (Wildman–Crippen LogP) is 5.90. The lowest BCUT2D eigenvalue weighted by Gasteiger charge is -2.09. The molecule has 0 amide bonds. The summed E-state index contributed by atoms with van der Waals surface area (Å²) in [6.45, 7) is 6.26. The molecule has 5 aromatic rings. The van der Waals surface area contributed by atoms with E-state index < -0.39 is 0 Å². The number of benzene rings is 3. The molecular formula is C26H22N4O. The van der Waals surface area contributed by atoms with E-state index >= 15 is 0 Å². The quantitative estimate of drug-likeness (QED) is 0.379. The lowest BCUT2D eigenvalue weighted by molar-refractivity contribution is 0.617. The molecule has 2 heterocycles. The van der Waals surface area contributed by atoms with Gasteiger partial charge in [0.15, 0.2) is 5.82 Å². The van der Waals surface area contributed by atoms with E-state index in [1.165, 1.54) is 16.7 Å². The fourth-order valence-corrected chi connectivity index (χ4v) is 3.58. The first-order valence-electron chi connectivity index (χ1n) is 10.2. The molecule has 5 heteroatoms. The Balaban J connectivity index is 1.70. The number of anilines is 1. The topological polar surface area (TPSA) is 63.3 Å². The maximum absolute atomic E-state index is 6.27. The molecule has 0 radical (unpaired) electrons. The monoisotopic (exact) mass is 406 g/mol. The van der Waals surface area contributed by atoms with E-state index in [0.29, 0.717) is 5.82 Å². The highest BCUT2D eigenvalue weighted by Gasteiger charge is 2.09. The molecule has 31 heavy (non-hydrogen) atoms. The maximum atomic E-state index is 6.27. The first kappa shape index (κ1) is 19.0. The van der Waals surface area contributed by atoms with Crippen molar-refractivity contribution in [2.75, 3.05) is 5.43 Å². The number of aromatic nitrogens is 2. The second-order valence-corrected chi connectivity index (χ2v) is 7.76. The van der Waals surface area contributed by atoms with Crippen molar-refractivity contribution in [1.29, 1.82) is 0 Å². The molecule has 0 unspecified atom stereocenters. The molecule has 152 valence electrons. The molecule has 1 N–H and O–H groups in total. The van der Waals surface area contributed by atoms with Crippen LogP contribution in [0.5, 0.6) is 0 Å². The van der Waals surface area contributed by atoms with Gasteiger partial charge in [-0.25, -0.2) is 9.97 Å². The Labute approximate surface area is 180 Å². The number of hydrogen-bond donors (Lipinski definition) is 1. The predicted molar refractivity (Wildman–Crippen MR) is 125 cm³/mol. The summed E-state index contributed by atoms with van der Waals surface area (Å²) in [7, 11) is 0. The highest BCUT2D eigenvalue weighted by molar-refractivity contribution is 5.88. The fraction of sp³-hybridized carbons (Fsp3) is 0.115. The third-order valence-electron chi connectivity index (χ3n) is 5.52. The summed E-state index contributed by atoms with van der Waals surface area (Å²) in [6, 6.07) is 22.3. The number of nitrogens with zero attached hydrogens (tertiary/aromatic N) is 3. The van der Waals surface area contributed by atoms with Gasteiger partial charge in [0.2, 0.25) is 0 Å². The molecule has 0 aliphatic carbocycles. The van der Waals surface area contributed by atoms with Crippen molar-refractivity contribution < 1.29 is 4.42 Å². The van der Waals surface area contributed by atoms with Gasteiger partial charge < -0.3 is 4.42 Å². The summed E-state index contributed by atoms with van der Waals surface area (Å²) in [5, 5.41) is 7.39. The Morgan fingerprint density at radius 1 is 0.806 bits per heavy atom. The zero-order chi connectivity index (χ0) is 21.4. The van der Waals surface area contributed by atoms with Gasteiger partial charge in [-0.2, -0.15) is 5.10 Å². The van der Waals surface area contributed by atoms with E-state index in [-0.39, 0.29) is 0 Å². The zero-order valence-electron chi connectivity index (χ0n) is 17.7. The van der Waals surface area contributed by atoms with Gasteiger partial charge in [-0.3, -0.25) is 5.43 Å². The van der Waals surface area contributed by atoms with Crippen LogP contribution >= 0.6 is 0 Å². The minimum Gasteiger partial charge on any atom is -0.456 e. The van der Waals surface area contributed by atoms with Crippen LogP contribution in [0.2, 0.25) is 0 Å². The lowest BCUT2D eigenvalue weighted by atomic mass is 10.1.